The quantitative estimate of drug-likeness (QED) is 0.501. The van der Waals surface area contributed by atoms with Crippen LogP contribution in [0, 0.1) is 0 Å². The molecule has 1 amide bonds. The highest BCUT2D eigenvalue weighted by atomic mass is 35.5. The van der Waals surface area contributed by atoms with E-state index in [2.05, 4.69) is 15.5 Å². The second-order valence-corrected chi connectivity index (χ2v) is 7.83. The van der Waals surface area contributed by atoms with Gasteiger partial charge in [0.2, 0.25) is 5.91 Å². The Hall–Kier alpha value is -1.93. The lowest BCUT2D eigenvalue weighted by Crippen LogP contribution is -2.15. The first-order valence-electron chi connectivity index (χ1n) is 8.07. The molecule has 0 aliphatic heterocycles. The zero-order chi connectivity index (χ0) is 20.1. The van der Waals surface area contributed by atoms with Gasteiger partial charge in [-0.1, -0.05) is 52.6 Å². The van der Waals surface area contributed by atoms with E-state index in [1.54, 1.807) is 47.0 Å². The number of carbonyl (C=O) groups is 1. The van der Waals surface area contributed by atoms with Crippen LogP contribution in [-0.2, 0) is 18.4 Å². The fourth-order valence-electron chi connectivity index (χ4n) is 2.20. The predicted octanol–water partition coefficient (Wildman–Crippen LogP) is 5.09. The largest absolute Gasteiger partial charge is 0.486 e. The molecule has 28 heavy (non-hydrogen) atoms. The summed E-state index contributed by atoms with van der Waals surface area (Å²) in [6.07, 6.45) is 0. The molecule has 1 heterocycles. The number of anilines is 1. The van der Waals surface area contributed by atoms with Crippen molar-refractivity contribution in [2.75, 3.05) is 11.1 Å². The lowest BCUT2D eigenvalue weighted by Gasteiger charge is -2.09. The number of nitrogens with zero attached hydrogens (tertiary/aromatic N) is 3. The third kappa shape index (κ3) is 5.32. The van der Waals surface area contributed by atoms with E-state index in [0.717, 1.165) is 0 Å². The lowest BCUT2D eigenvalue weighted by molar-refractivity contribution is -0.113. The molecule has 146 valence electrons. The van der Waals surface area contributed by atoms with E-state index in [1.807, 2.05) is 7.05 Å². The van der Waals surface area contributed by atoms with Gasteiger partial charge in [0.1, 0.15) is 12.4 Å². The fourth-order valence-corrected chi connectivity index (χ4v) is 3.55. The maximum absolute atomic E-state index is 12.2. The van der Waals surface area contributed by atoms with Crippen LogP contribution < -0.4 is 10.1 Å². The van der Waals surface area contributed by atoms with Crippen molar-refractivity contribution < 1.29 is 9.53 Å². The lowest BCUT2D eigenvalue weighted by atomic mass is 10.3. The highest BCUT2D eigenvalue weighted by molar-refractivity contribution is 7.99. The number of benzene rings is 2. The van der Waals surface area contributed by atoms with Crippen LogP contribution in [0.1, 0.15) is 5.82 Å². The van der Waals surface area contributed by atoms with E-state index in [4.69, 9.17) is 39.5 Å². The maximum atomic E-state index is 12.2. The molecule has 0 aliphatic carbocycles. The molecule has 0 radical (unpaired) electrons. The predicted molar refractivity (Wildman–Crippen MR) is 113 cm³/mol. The number of amides is 1. The summed E-state index contributed by atoms with van der Waals surface area (Å²) in [5, 5.41) is 12.9. The second kappa shape index (κ2) is 9.52. The van der Waals surface area contributed by atoms with Crippen LogP contribution in [0.4, 0.5) is 5.69 Å². The van der Waals surface area contributed by atoms with E-state index in [1.165, 1.54) is 11.8 Å². The SMILES string of the molecule is Cn1c(COc2ccc(Cl)cc2)nnc1SCC(=O)Nc1c(Cl)cccc1Cl. The highest BCUT2D eigenvalue weighted by Gasteiger charge is 2.14. The van der Waals surface area contributed by atoms with Gasteiger partial charge in [0.15, 0.2) is 11.0 Å². The van der Waals surface area contributed by atoms with Crippen molar-refractivity contribution >= 4 is 58.2 Å². The van der Waals surface area contributed by atoms with E-state index in [-0.39, 0.29) is 18.3 Å². The van der Waals surface area contributed by atoms with Gasteiger partial charge in [0.05, 0.1) is 21.5 Å². The fraction of sp³-hybridized carbons (Fsp3) is 0.167. The molecule has 0 saturated heterocycles. The number of hydrogen-bond acceptors (Lipinski definition) is 5. The molecule has 3 aromatic rings. The summed E-state index contributed by atoms with van der Waals surface area (Å²) in [7, 11) is 1.81. The van der Waals surface area contributed by atoms with Gasteiger partial charge in [-0.05, 0) is 36.4 Å². The smallest absolute Gasteiger partial charge is 0.234 e. The van der Waals surface area contributed by atoms with E-state index >= 15 is 0 Å². The molecule has 0 spiro atoms. The maximum Gasteiger partial charge on any atom is 0.234 e. The number of rotatable bonds is 7. The van der Waals surface area contributed by atoms with Gasteiger partial charge in [-0.15, -0.1) is 10.2 Å². The average molecular weight is 458 g/mol. The second-order valence-electron chi connectivity index (χ2n) is 5.63. The Bertz CT molecular complexity index is 959. The first-order chi connectivity index (χ1) is 13.4. The molecule has 0 aliphatic rings. The summed E-state index contributed by atoms with van der Waals surface area (Å²) >= 11 is 19.2. The summed E-state index contributed by atoms with van der Waals surface area (Å²) in [4.78, 5) is 12.2. The number of nitrogens with one attached hydrogen (secondary N) is 1. The molecule has 0 atom stereocenters. The highest BCUT2D eigenvalue weighted by Crippen LogP contribution is 2.30. The van der Waals surface area contributed by atoms with Crippen LogP contribution >= 0.6 is 46.6 Å². The normalized spacial score (nSPS) is 10.7. The molecule has 10 heteroatoms. The molecule has 0 saturated carbocycles. The van der Waals surface area contributed by atoms with E-state index in [0.29, 0.717) is 37.5 Å². The number of para-hydroxylation sites is 1. The molecule has 3 rings (SSSR count). The number of aromatic nitrogens is 3. The Morgan fingerprint density at radius 1 is 1.11 bits per heavy atom. The third-order valence-corrected chi connectivity index (χ3v) is 5.57. The van der Waals surface area contributed by atoms with Crippen molar-refractivity contribution in [1.29, 1.82) is 0 Å². The summed E-state index contributed by atoms with van der Waals surface area (Å²) in [5.41, 5.74) is 0.395. The number of carbonyl (C=O) groups excluding carboxylic acids is 1. The number of ether oxygens (including phenoxy) is 1. The first kappa shape index (κ1) is 20.8. The number of halogens is 3. The molecule has 2 aromatic carbocycles. The van der Waals surface area contributed by atoms with Gasteiger partial charge in [0.25, 0.3) is 0 Å². The zero-order valence-corrected chi connectivity index (χ0v) is 17.7. The Kier molecular flexibility index (Phi) is 7.07. The van der Waals surface area contributed by atoms with Crippen LogP contribution in [0.25, 0.3) is 0 Å². The van der Waals surface area contributed by atoms with Crippen molar-refractivity contribution in [3.8, 4) is 5.75 Å². The molecular formula is C18H15Cl3N4O2S. The van der Waals surface area contributed by atoms with Gasteiger partial charge in [0, 0.05) is 12.1 Å². The van der Waals surface area contributed by atoms with Crippen LogP contribution in [0.5, 0.6) is 5.75 Å². The van der Waals surface area contributed by atoms with Gasteiger partial charge < -0.3 is 14.6 Å². The van der Waals surface area contributed by atoms with Crippen LogP contribution in [0.3, 0.4) is 0 Å². The molecular weight excluding hydrogens is 443 g/mol. The summed E-state index contributed by atoms with van der Waals surface area (Å²) in [6, 6.07) is 12.1. The van der Waals surface area contributed by atoms with Gasteiger partial charge >= 0.3 is 0 Å². The van der Waals surface area contributed by atoms with Crippen molar-refractivity contribution in [1.82, 2.24) is 14.8 Å². The monoisotopic (exact) mass is 456 g/mol. The van der Waals surface area contributed by atoms with E-state index < -0.39 is 0 Å². The van der Waals surface area contributed by atoms with E-state index in [9.17, 15) is 4.79 Å². The Labute approximate surface area is 181 Å². The summed E-state index contributed by atoms with van der Waals surface area (Å²) in [5.74, 6) is 1.19. The minimum Gasteiger partial charge on any atom is -0.486 e. The zero-order valence-electron chi connectivity index (χ0n) is 14.7. The van der Waals surface area contributed by atoms with Crippen LogP contribution in [0.2, 0.25) is 15.1 Å². The molecule has 6 nitrogen and oxygen atoms in total. The molecule has 1 N–H and O–H groups in total. The van der Waals surface area contributed by atoms with Gasteiger partial charge in [-0.2, -0.15) is 0 Å². The third-order valence-electron chi connectivity index (χ3n) is 3.67. The Morgan fingerprint density at radius 3 is 2.46 bits per heavy atom. The standard InChI is InChI=1S/C18H15Cl3N4O2S/c1-25-15(9-27-12-7-5-11(19)6-8-12)23-24-18(25)28-10-16(26)22-17-13(20)3-2-4-14(17)21/h2-8H,9-10H2,1H3,(H,22,26). The topological polar surface area (TPSA) is 69.0 Å². The van der Waals surface area contributed by atoms with Gasteiger partial charge in [-0.25, -0.2) is 0 Å². The number of hydrogen-bond donors (Lipinski definition) is 1. The van der Waals surface area contributed by atoms with Crippen molar-refractivity contribution in [2.45, 2.75) is 11.8 Å². The summed E-state index contributed by atoms with van der Waals surface area (Å²) < 4.78 is 7.45. The van der Waals surface area contributed by atoms with Crippen molar-refractivity contribution in [2.24, 2.45) is 7.05 Å². The summed E-state index contributed by atoms with van der Waals surface area (Å²) in [6.45, 7) is 0.243. The van der Waals surface area contributed by atoms with Crippen molar-refractivity contribution in [3.63, 3.8) is 0 Å². The minimum absolute atomic E-state index is 0.131. The Morgan fingerprint density at radius 2 is 1.79 bits per heavy atom. The van der Waals surface area contributed by atoms with Crippen molar-refractivity contribution in [3.05, 3.63) is 63.4 Å². The minimum atomic E-state index is -0.248. The molecule has 0 fully saturated rings. The molecule has 1 aromatic heterocycles. The molecule has 0 bridgehead atoms. The Balaban J connectivity index is 1.55. The van der Waals surface area contributed by atoms with Crippen LogP contribution in [-0.4, -0.2) is 26.4 Å². The first-order valence-corrected chi connectivity index (χ1v) is 10.2. The average Bonchev–Trinajstić information content (AvgIpc) is 3.02. The number of thioether (sulfide) groups is 1. The molecule has 0 unspecified atom stereocenters. The van der Waals surface area contributed by atoms with Gasteiger partial charge in [-0.3, -0.25) is 4.79 Å². The van der Waals surface area contributed by atoms with Crippen LogP contribution in [0.15, 0.2) is 47.6 Å².